The van der Waals surface area contributed by atoms with E-state index in [9.17, 15) is 13.2 Å². The number of aryl methyl sites for hydroxylation is 1. The van der Waals surface area contributed by atoms with Crippen molar-refractivity contribution in [3.8, 4) is 0 Å². The molecule has 0 radical (unpaired) electrons. The number of nitrogens with two attached hydrogens (primary N) is 2. The summed E-state index contributed by atoms with van der Waals surface area (Å²) in [5.74, 6) is 4.08. The van der Waals surface area contributed by atoms with Gasteiger partial charge in [-0.15, -0.1) is 10.2 Å². The molecule has 2 aromatic rings. The van der Waals surface area contributed by atoms with Crippen molar-refractivity contribution >= 4 is 17.4 Å². The normalized spacial score (nSPS) is 11.8. The van der Waals surface area contributed by atoms with Crippen molar-refractivity contribution in [3.05, 3.63) is 29.6 Å². The number of nitrogen functional groups attached to an aromatic ring is 2. The van der Waals surface area contributed by atoms with Gasteiger partial charge in [-0.3, -0.25) is 0 Å². The van der Waals surface area contributed by atoms with Crippen LogP contribution in [0.5, 0.6) is 0 Å². The Balaban J connectivity index is 2.32. The lowest BCUT2D eigenvalue weighted by Crippen LogP contribution is -2.21. The van der Waals surface area contributed by atoms with Gasteiger partial charge in [-0.2, -0.15) is 13.2 Å². The Morgan fingerprint density at radius 1 is 1.26 bits per heavy atom. The van der Waals surface area contributed by atoms with Gasteiger partial charge in [0.2, 0.25) is 5.16 Å². The minimum Gasteiger partial charge on any atom is -0.398 e. The van der Waals surface area contributed by atoms with Crippen molar-refractivity contribution in [2.24, 2.45) is 0 Å². The molecule has 0 fully saturated rings. The van der Waals surface area contributed by atoms with Gasteiger partial charge < -0.3 is 11.6 Å². The molecule has 2 rings (SSSR count). The zero-order valence-corrected chi connectivity index (χ0v) is 10.6. The predicted octanol–water partition coefficient (Wildman–Crippen LogP) is 2.05. The Morgan fingerprint density at radius 2 is 1.95 bits per heavy atom. The lowest BCUT2D eigenvalue weighted by molar-refractivity contribution is -0.146. The zero-order chi connectivity index (χ0) is 14.2. The summed E-state index contributed by atoms with van der Waals surface area (Å²) in [4.78, 5) is 0.568. The summed E-state index contributed by atoms with van der Waals surface area (Å²) in [6.45, 7) is 1.86. The molecule has 102 valence electrons. The van der Waals surface area contributed by atoms with Gasteiger partial charge in [-0.05, 0) is 36.4 Å². The van der Waals surface area contributed by atoms with Crippen LogP contribution in [0.4, 0.5) is 18.9 Å². The van der Waals surface area contributed by atoms with Crippen LogP contribution in [0.1, 0.15) is 11.4 Å². The largest absolute Gasteiger partial charge is 0.453 e. The first-order valence-electron chi connectivity index (χ1n) is 5.10. The predicted molar refractivity (Wildman–Crippen MR) is 64.9 cm³/mol. The lowest BCUT2D eigenvalue weighted by Gasteiger charge is -2.07. The fourth-order valence-corrected chi connectivity index (χ4v) is 2.18. The number of rotatable bonds is 2. The highest BCUT2D eigenvalue weighted by atomic mass is 32.2. The van der Waals surface area contributed by atoms with Crippen LogP contribution >= 0.6 is 11.8 Å². The monoisotopic (exact) mass is 289 g/mol. The topological polar surface area (TPSA) is 82.8 Å². The second kappa shape index (κ2) is 4.65. The molecule has 1 aromatic heterocycles. The molecule has 1 aromatic carbocycles. The number of halogens is 3. The molecule has 0 spiro atoms. The summed E-state index contributed by atoms with van der Waals surface area (Å²) in [6.07, 6.45) is -4.64. The number of hydrogen-bond donors (Lipinski definition) is 2. The third kappa shape index (κ3) is 2.75. The molecule has 0 saturated heterocycles. The number of aromatic nitrogens is 3. The molecule has 0 saturated carbocycles. The molecule has 0 aliphatic heterocycles. The minimum atomic E-state index is -4.64. The van der Waals surface area contributed by atoms with Gasteiger partial charge in [-0.25, -0.2) is 4.68 Å². The first kappa shape index (κ1) is 13.5. The van der Waals surface area contributed by atoms with Crippen molar-refractivity contribution in [2.45, 2.75) is 23.2 Å². The maximum atomic E-state index is 12.5. The van der Waals surface area contributed by atoms with Gasteiger partial charge in [0, 0.05) is 10.6 Å². The molecule has 5 nitrogen and oxygen atoms in total. The Labute approximate surface area is 110 Å². The van der Waals surface area contributed by atoms with E-state index in [2.05, 4.69) is 10.2 Å². The molecule has 0 bridgehead atoms. The van der Waals surface area contributed by atoms with Gasteiger partial charge in [0.15, 0.2) is 0 Å². The summed E-state index contributed by atoms with van der Waals surface area (Å²) in [5.41, 5.74) is 7.17. The van der Waals surface area contributed by atoms with Crippen molar-refractivity contribution in [3.63, 3.8) is 0 Å². The van der Waals surface area contributed by atoms with Crippen LogP contribution in [0.2, 0.25) is 0 Å². The number of benzene rings is 1. The van der Waals surface area contributed by atoms with Crippen LogP contribution in [0.15, 0.2) is 28.3 Å². The van der Waals surface area contributed by atoms with Crippen LogP contribution in [-0.4, -0.2) is 14.9 Å². The van der Waals surface area contributed by atoms with E-state index >= 15 is 0 Å². The van der Waals surface area contributed by atoms with E-state index in [4.69, 9.17) is 11.6 Å². The Kier molecular flexibility index (Phi) is 3.31. The average molecular weight is 289 g/mol. The molecule has 4 N–H and O–H groups in total. The quantitative estimate of drug-likeness (QED) is 0.653. The summed E-state index contributed by atoms with van der Waals surface area (Å²) >= 11 is 0.926. The third-order valence-electron chi connectivity index (χ3n) is 2.28. The van der Waals surface area contributed by atoms with E-state index in [0.29, 0.717) is 15.3 Å². The Bertz CT molecular complexity index is 608. The van der Waals surface area contributed by atoms with Crippen molar-refractivity contribution in [1.29, 1.82) is 0 Å². The maximum Gasteiger partial charge on any atom is 0.453 e. The number of hydrogen-bond acceptors (Lipinski definition) is 5. The van der Waals surface area contributed by atoms with Crippen LogP contribution in [0.3, 0.4) is 0 Å². The Hall–Kier alpha value is -1.90. The molecule has 0 aliphatic carbocycles. The zero-order valence-electron chi connectivity index (χ0n) is 9.77. The van der Waals surface area contributed by atoms with Crippen molar-refractivity contribution in [2.75, 3.05) is 11.6 Å². The van der Waals surface area contributed by atoms with Crippen LogP contribution in [0.25, 0.3) is 0 Å². The van der Waals surface area contributed by atoms with Gasteiger partial charge in [0.25, 0.3) is 5.82 Å². The summed E-state index contributed by atoms with van der Waals surface area (Å²) in [7, 11) is 0. The van der Waals surface area contributed by atoms with Gasteiger partial charge in [0.1, 0.15) is 0 Å². The first-order chi connectivity index (χ1) is 8.79. The van der Waals surface area contributed by atoms with Crippen molar-refractivity contribution in [1.82, 2.24) is 14.9 Å². The van der Waals surface area contributed by atoms with E-state index in [1.165, 1.54) is 0 Å². The number of nitrogens with zero attached hydrogens (tertiary/aromatic N) is 3. The highest BCUT2D eigenvalue weighted by Crippen LogP contribution is 2.34. The molecular weight excluding hydrogens is 279 g/mol. The number of anilines is 1. The van der Waals surface area contributed by atoms with E-state index in [1.807, 2.05) is 6.92 Å². The highest BCUT2D eigenvalue weighted by Gasteiger charge is 2.38. The van der Waals surface area contributed by atoms with E-state index in [1.54, 1.807) is 18.2 Å². The van der Waals surface area contributed by atoms with Crippen LogP contribution in [0, 0.1) is 6.92 Å². The number of alkyl halides is 3. The van der Waals surface area contributed by atoms with Gasteiger partial charge in [-0.1, -0.05) is 6.07 Å². The van der Waals surface area contributed by atoms with Crippen LogP contribution in [-0.2, 0) is 6.18 Å². The van der Waals surface area contributed by atoms with Gasteiger partial charge in [0.05, 0.1) is 0 Å². The summed E-state index contributed by atoms with van der Waals surface area (Å²) < 4.78 is 37.9. The highest BCUT2D eigenvalue weighted by molar-refractivity contribution is 7.99. The van der Waals surface area contributed by atoms with E-state index in [-0.39, 0.29) is 5.16 Å². The minimum absolute atomic E-state index is 0.0807. The second-order valence-electron chi connectivity index (χ2n) is 3.82. The molecule has 19 heavy (non-hydrogen) atoms. The maximum absolute atomic E-state index is 12.5. The molecule has 0 aliphatic rings. The standard InChI is InChI=1S/C10H10F3N5S/c1-5-2-3-7(6(14)4-5)19-9-17-16-8(18(9)15)10(11,12)13/h2-4H,14-15H2,1H3. The lowest BCUT2D eigenvalue weighted by atomic mass is 10.2. The molecule has 1 heterocycles. The third-order valence-corrected chi connectivity index (χ3v) is 3.34. The second-order valence-corrected chi connectivity index (χ2v) is 4.83. The molecule has 0 amide bonds. The fraction of sp³-hybridized carbons (Fsp3) is 0.200. The summed E-state index contributed by atoms with van der Waals surface area (Å²) in [6, 6.07) is 5.20. The average Bonchev–Trinajstić information content (AvgIpc) is 2.64. The molecule has 0 unspecified atom stereocenters. The van der Waals surface area contributed by atoms with Crippen LogP contribution < -0.4 is 11.6 Å². The first-order valence-corrected chi connectivity index (χ1v) is 5.92. The smallest absolute Gasteiger partial charge is 0.398 e. The van der Waals surface area contributed by atoms with E-state index in [0.717, 1.165) is 17.3 Å². The van der Waals surface area contributed by atoms with Crippen molar-refractivity contribution < 1.29 is 13.2 Å². The van der Waals surface area contributed by atoms with Gasteiger partial charge >= 0.3 is 6.18 Å². The fourth-order valence-electron chi connectivity index (χ4n) is 1.40. The Morgan fingerprint density at radius 3 is 2.47 bits per heavy atom. The van der Waals surface area contributed by atoms with E-state index < -0.39 is 12.0 Å². The summed E-state index contributed by atoms with van der Waals surface area (Å²) in [5, 5.41) is 6.37. The molecule has 0 atom stereocenters. The SMILES string of the molecule is Cc1ccc(Sc2nnc(C(F)(F)F)n2N)c(N)c1. The molecular formula is C10H10F3N5S. The molecule has 9 heteroatoms.